The molecule has 6 aliphatic carbocycles. The summed E-state index contributed by atoms with van der Waals surface area (Å²) >= 11 is 0. The first-order valence-corrected chi connectivity index (χ1v) is 26.1. The van der Waals surface area contributed by atoms with E-state index in [1.54, 1.807) is 5.57 Å². The van der Waals surface area contributed by atoms with Crippen LogP contribution in [0.3, 0.4) is 0 Å². The fraction of sp³-hybridized carbons (Fsp3) is 0.793. The minimum Gasteiger partial charge on any atom is -0.393 e. The van der Waals surface area contributed by atoms with Gasteiger partial charge in [0.1, 0.15) is 0 Å². The number of hydrogen-bond donors (Lipinski definition) is 4. The van der Waals surface area contributed by atoms with Gasteiger partial charge in [0.05, 0.1) is 47.8 Å². The molecule has 14 atom stereocenters. The normalized spacial score (nSPS) is 45.6. The van der Waals surface area contributed by atoms with Crippen molar-refractivity contribution < 1.29 is 29.9 Å². The van der Waals surface area contributed by atoms with Crippen molar-refractivity contribution >= 4 is 0 Å². The lowest BCUT2D eigenvalue weighted by Gasteiger charge is -2.47. The van der Waals surface area contributed by atoms with E-state index >= 15 is 0 Å². The molecule has 2 heterocycles. The van der Waals surface area contributed by atoms with E-state index in [-0.39, 0.29) is 16.6 Å². The summed E-state index contributed by atoms with van der Waals surface area (Å²) in [5.74, 6) is 4.71. The lowest BCUT2D eigenvalue weighted by atomic mass is 9.59. The van der Waals surface area contributed by atoms with Crippen LogP contribution < -0.4 is 0 Å². The molecule has 2 saturated heterocycles. The molecule has 0 spiro atoms. The smallest absolute Gasteiger partial charge is 0.0811 e. The fourth-order valence-electron chi connectivity index (χ4n) is 16.1. The second-order valence-electron chi connectivity index (χ2n) is 25.5. The molecule has 2 aliphatic heterocycles. The van der Waals surface area contributed by atoms with Gasteiger partial charge in [-0.25, -0.2) is 0 Å². The third kappa shape index (κ3) is 10.7. The zero-order chi connectivity index (χ0) is 46.6. The largest absolute Gasteiger partial charge is 0.393 e. The molecule has 6 nitrogen and oxygen atoms in total. The number of allylic oxidation sites excluding steroid dienone is 8. The maximum absolute atomic E-state index is 10.3. The van der Waals surface area contributed by atoms with Crippen molar-refractivity contribution in [3.63, 3.8) is 0 Å². The van der Waals surface area contributed by atoms with Crippen molar-refractivity contribution in [2.75, 3.05) is 13.2 Å². The van der Waals surface area contributed by atoms with E-state index in [1.165, 1.54) is 87.3 Å². The van der Waals surface area contributed by atoms with E-state index in [9.17, 15) is 20.4 Å². The Balaban J connectivity index is 0.000000191. The summed E-state index contributed by atoms with van der Waals surface area (Å²) in [4.78, 5) is 0. The molecule has 4 N–H and O–H groups in total. The molecule has 0 unspecified atom stereocenters. The van der Waals surface area contributed by atoms with Gasteiger partial charge in [-0.3, -0.25) is 0 Å². The highest BCUT2D eigenvalue weighted by molar-refractivity contribution is 5.39. The van der Waals surface area contributed by atoms with Crippen LogP contribution in [-0.4, -0.2) is 68.3 Å². The van der Waals surface area contributed by atoms with Gasteiger partial charge >= 0.3 is 0 Å². The van der Waals surface area contributed by atoms with Gasteiger partial charge in [-0.2, -0.15) is 0 Å². The summed E-state index contributed by atoms with van der Waals surface area (Å²) < 4.78 is 13.1. The molecule has 360 valence electrons. The number of rotatable bonds is 8. The molecule has 8 aliphatic rings. The van der Waals surface area contributed by atoms with Crippen molar-refractivity contribution in [3.05, 3.63) is 70.9 Å². The Morgan fingerprint density at radius 2 is 1.09 bits per heavy atom. The van der Waals surface area contributed by atoms with Crippen LogP contribution in [0.15, 0.2) is 70.9 Å². The SMILES string of the molecule is C=C1/C(=C\C=C2/CCC[C@@]3(C)[C@H]2CC[C@@H]3[C@]2(C)C[C@H](CC(C)(C)O)CO2)C[C@@H](C)C[C@@H]1C.C=C1/C(=C\C=C2/CCC[C@@]3(C)[C@H]2CC[C@@H]3[C@]2(C)C[C@H](CC(C)(C)O)CO2)C[C@@H](O)C[C@@H]1O. The monoisotopic (exact) mass is 885 g/mol. The zero-order valence-corrected chi connectivity index (χ0v) is 42.2. The van der Waals surface area contributed by atoms with Crippen molar-refractivity contribution in [1.29, 1.82) is 0 Å². The lowest BCUT2D eigenvalue weighted by Crippen LogP contribution is -2.45. The zero-order valence-electron chi connectivity index (χ0n) is 42.2. The number of fused-ring (bicyclic) bond motifs is 2. The maximum atomic E-state index is 10.3. The molecule has 0 radical (unpaired) electrons. The van der Waals surface area contributed by atoms with Gasteiger partial charge in [0.15, 0.2) is 0 Å². The molecule has 0 amide bonds. The molecule has 0 bridgehead atoms. The Morgan fingerprint density at radius 3 is 1.55 bits per heavy atom. The average Bonchev–Trinajstić information content (AvgIpc) is 3.95. The minimum absolute atomic E-state index is 0.0388. The second-order valence-corrected chi connectivity index (χ2v) is 25.5. The third-order valence-corrected chi connectivity index (χ3v) is 18.8. The molecule has 64 heavy (non-hydrogen) atoms. The first kappa shape index (κ1) is 50.1. The van der Waals surface area contributed by atoms with Crippen LogP contribution in [0, 0.1) is 58.2 Å². The highest BCUT2D eigenvalue weighted by atomic mass is 16.5. The van der Waals surface area contributed by atoms with Crippen LogP contribution in [0.4, 0.5) is 0 Å². The average molecular weight is 885 g/mol. The topological polar surface area (TPSA) is 99.4 Å². The molecule has 8 rings (SSSR count). The summed E-state index contributed by atoms with van der Waals surface area (Å²) in [6.45, 7) is 32.2. The quantitative estimate of drug-likeness (QED) is 0.194. The van der Waals surface area contributed by atoms with E-state index in [0.717, 1.165) is 62.4 Å². The van der Waals surface area contributed by atoms with E-state index < -0.39 is 23.4 Å². The molecule has 6 saturated carbocycles. The molecule has 6 heteroatoms. The van der Waals surface area contributed by atoms with E-state index in [2.05, 4.69) is 79.0 Å². The summed E-state index contributed by atoms with van der Waals surface area (Å²) in [5, 5.41) is 40.9. The van der Waals surface area contributed by atoms with Crippen LogP contribution in [0.2, 0.25) is 0 Å². The van der Waals surface area contributed by atoms with Gasteiger partial charge in [-0.1, -0.05) is 76.3 Å². The first-order valence-electron chi connectivity index (χ1n) is 26.1. The molecule has 8 fully saturated rings. The first-order chi connectivity index (χ1) is 29.8. The summed E-state index contributed by atoms with van der Waals surface area (Å²) in [5.41, 5.74) is 7.01. The highest BCUT2D eigenvalue weighted by Crippen LogP contribution is 2.64. The molecule has 0 aromatic rings. The van der Waals surface area contributed by atoms with Gasteiger partial charge in [0.25, 0.3) is 0 Å². The van der Waals surface area contributed by atoms with Crippen LogP contribution in [0.5, 0.6) is 0 Å². The van der Waals surface area contributed by atoms with Gasteiger partial charge in [0.2, 0.25) is 0 Å². The lowest BCUT2D eigenvalue weighted by molar-refractivity contribution is -0.0756. The van der Waals surface area contributed by atoms with Gasteiger partial charge in [-0.15, -0.1) is 0 Å². The number of aliphatic hydroxyl groups is 4. The summed E-state index contributed by atoms with van der Waals surface area (Å²) in [6.07, 6.45) is 27.9. The van der Waals surface area contributed by atoms with Crippen LogP contribution in [0.25, 0.3) is 0 Å². The van der Waals surface area contributed by atoms with E-state index in [1.807, 2.05) is 27.7 Å². The van der Waals surface area contributed by atoms with Gasteiger partial charge in [-0.05, 0) is 231 Å². The number of aliphatic hydroxyl groups excluding tert-OH is 2. The van der Waals surface area contributed by atoms with Crippen molar-refractivity contribution in [1.82, 2.24) is 0 Å². The van der Waals surface area contributed by atoms with Crippen LogP contribution >= 0.6 is 0 Å². The Bertz CT molecular complexity index is 1710. The molecule has 0 aromatic carbocycles. The maximum Gasteiger partial charge on any atom is 0.0811 e. The highest BCUT2D eigenvalue weighted by Gasteiger charge is 2.59. The van der Waals surface area contributed by atoms with Crippen LogP contribution in [-0.2, 0) is 9.47 Å². The predicted molar refractivity (Wildman–Crippen MR) is 263 cm³/mol. The summed E-state index contributed by atoms with van der Waals surface area (Å²) in [6, 6.07) is 0. The number of hydrogen-bond acceptors (Lipinski definition) is 6. The number of ether oxygens (including phenoxy) is 2. The predicted octanol–water partition coefficient (Wildman–Crippen LogP) is 12.7. The minimum atomic E-state index is -0.639. The fourth-order valence-corrected chi connectivity index (χ4v) is 16.1. The van der Waals surface area contributed by atoms with Gasteiger partial charge in [0, 0.05) is 6.42 Å². The van der Waals surface area contributed by atoms with Gasteiger partial charge < -0.3 is 29.9 Å². The molecular formula is C58H92O6. The Labute approximate surface area is 390 Å². The van der Waals surface area contributed by atoms with Crippen molar-refractivity contribution in [2.24, 2.45) is 58.2 Å². The van der Waals surface area contributed by atoms with E-state index in [4.69, 9.17) is 9.47 Å². The third-order valence-electron chi connectivity index (χ3n) is 18.8. The Kier molecular flexibility index (Phi) is 14.8. The molecular weight excluding hydrogens is 793 g/mol. The van der Waals surface area contributed by atoms with E-state index in [0.29, 0.717) is 59.7 Å². The Morgan fingerprint density at radius 1 is 0.641 bits per heavy atom. The standard InChI is InChI=1S/C30H48O2.C28H44O4/c1-20-15-21(2)22(3)25(16-20)11-10-24-9-8-14-29(6)26(24)12-13-27(29)30(7)18-23(19-32-30)17-28(4,5)31;1-18-21(13-22(29)14-24(18)30)9-8-20-7-6-12-27(4)23(20)10-11-25(27)28(5)16-19(17-32-28)15-26(2,3)31/h10-11,20-21,23,26-27,31H,3,8-9,12-19H2,1-2,4-7H3;8-9,19,22-25,29-31H,1,6-7,10-17H2,2-5H3/b24-10+,25-11-;20-8+,21-9-/t20-,21-,23-,26-,27-,29-,30-;19-,22+,23-,24-,25-,27-,28-/m00/s1. The summed E-state index contributed by atoms with van der Waals surface area (Å²) in [7, 11) is 0. The van der Waals surface area contributed by atoms with Crippen LogP contribution in [0.1, 0.15) is 185 Å². The van der Waals surface area contributed by atoms with Crippen molar-refractivity contribution in [3.8, 4) is 0 Å². The molecule has 0 aromatic heterocycles. The Hall–Kier alpha value is -1.80. The van der Waals surface area contributed by atoms with Crippen molar-refractivity contribution in [2.45, 2.75) is 219 Å². The second kappa shape index (κ2) is 18.9.